The molecule has 5 rings (SSSR count). The Balaban J connectivity index is 1.22. The zero-order chi connectivity index (χ0) is 26.3. The summed E-state index contributed by atoms with van der Waals surface area (Å²) >= 11 is 0. The molecule has 3 aliphatic rings. The number of nitrogens with zero attached hydrogens (tertiary/aromatic N) is 2. The van der Waals surface area contributed by atoms with Crippen LogP contribution in [0.1, 0.15) is 39.9 Å². The lowest BCUT2D eigenvalue weighted by molar-refractivity contribution is -0.136. The average Bonchev–Trinajstić information content (AvgIpc) is 3.18. The molecule has 3 amide bonds. The minimum atomic E-state index is -1.53. The summed E-state index contributed by atoms with van der Waals surface area (Å²) in [6, 6.07) is 11.8. The second kappa shape index (κ2) is 10.1. The van der Waals surface area contributed by atoms with Crippen LogP contribution in [-0.2, 0) is 34.0 Å². The van der Waals surface area contributed by atoms with E-state index in [9.17, 15) is 14.4 Å². The maximum atomic E-state index is 13.0. The molecule has 0 aliphatic carbocycles. The van der Waals surface area contributed by atoms with Gasteiger partial charge in [-0.05, 0) is 41.0 Å². The molecule has 0 spiro atoms. The normalized spacial score (nSPS) is 25.6. The monoisotopic (exact) mass is 489 g/mol. The van der Waals surface area contributed by atoms with E-state index >= 15 is 0 Å². The molecule has 2 aromatic rings. The molecule has 8 nitrogen and oxygen atoms in total. The molecule has 2 saturated heterocycles. The van der Waals surface area contributed by atoms with Crippen molar-refractivity contribution in [3.05, 3.63) is 64.7 Å². The minimum absolute atomic E-state index is 0.208. The van der Waals surface area contributed by atoms with E-state index in [2.05, 4.69) is 5.32 Å². The Morgan fingerprint density at radius 2 is 1.78 bits per heavy atom. The first-order valence-corrected chi connectivity index (χ1v) is 12.1. The van der Waals surface area contributed by atoms with Crippen LogP contribution in [0, 0.1) is 0 Å². The molecule has 3 aliphatic heterocycles. The largest absolute Gasteiger partial charge is 0.489 e. The van der Waals surface area contributed by atoms with Crippen molar-refractivity contribution in [2.45, 2.75) is 55.9 Å². The highest BCUT2D eigenvalue weighted by molar-refractivity contribution is 6.43. The summed E-state index contributed by atoms with van der Waals surface area (Å²) in [6.45, 7) is 1.44. The fraction of sp³-hybridized carbons (Fsp3) is 0.400. The topological polar surface area (TPSA) is 88.2 Å². The van der Waals surface area contributed by atoms with E-state index in [1.807, 2.05) is 35.2 Å². The smallest absolute Gasteiger partial charge is 0.255 e. The van der Waals surface area contributed by atoms with Gasteiger partial charge in [0.25, 0.3) is 5.91 Å². The van der Waals surface area contributed by atoms with Crippen LogP contribution in [0.25, 0.3) is 0 Å². The van der Waals surface area contributed by atoms with Gasteiger partial charge in [0.05, 0.1) is 14.4 Å². The van der Waals surface area contributed by atoms with Gasteiger partial charge >= 0.3 is 0 Å². The molecule has 0 saturated carbocycles. The van der Waals surface area contributed by atoms with Gasteiger partial charge in [-0.15, -0.1) is 0 Å². The second-order valence-corrected chi connectivity index (χ2v) is 9.67. The lowest BCUT2D eigenvalue weighted by Gasteiger charge is -2.49. The van der Waals surface area contributed by atoms with Crippen LogP contribution in [0.3, 0.4) is 0 Å². The molecule has 3 atom stereocenters. The third-order valence-electron chi connectivity index (χ3n) is 6.97. The van der Waals surface area contributed by atoms with E-state index in [-0.39, 0.29) is 24.8 Å². The van der Waals surface area contributed by atoms with E-state index in [0.717, 1.165) is 16.7 Å². The van der Waals surface area contributed by atoms with Gasteiger partial charge in [-0.3, -0.25) is 19.7 Å². The van der Waals surface area contributed by atoms with Crippen LogP contribution in [0.15, 0.2) is 42.5 Å². The number of ether oxygens (including phenoxy) is 2. The van der Waals surface area contributed by atoms with Crippen molar-refractivity contribution >= 4 is 49.1 Å². The molecular formula is C25H23B4N3O5. The maximum Gasteiger partial charge on any atom is 0.255 e. The summed E-state index contributed by atoms with van der Waals surface area (Å²) in [5.74, 6) is -1.12. The Morgan fingerprint density at radius 3 is 2.51 bits per heavy atom. The number of rotatable bonds is 6. The third-order valence-corrected chi connectivity index (χ3v) is 6.97. The summed E-state index contributed by atoms with van der Waals surface area (Å²) < 4.78 is 11.4. The van der Waals surface area contributed by atoms with Gasteiger partial charge in [0.1, 0.15) is 41.9 Å². The van der Waals surface area contributed by atoms with Crippen LogP contribution < -0.4 is 10.1 Å². The van der Waals surface area contributed by atoms with E-state index < -0.39 is 29.3 Å². The van der Waals surface area contributed by atoms with Crippen molar-refractivity contribution in [2.75, 3.05) is 6.54 Å². The van der Waals surface area contributed by atoms with Crippen LogP contribution in [0.5, 0.6) is 5.75 Å². The van der Waals surface area contributed by atoms with Crippen molar-refractivity contribution in [2.24, 2.45) is 0 Å². The van der Waals surface area contributed by atoms with Gasteiger partial charge in [0.15, 0.2) is 0 Å². The number of carbonyl (C=O) groups is 3. The van der Waals surface area contributed by atoms with Crippen molar-refractivity contribution in [1.29, 1.82) is 0 Å². The molecule has 12 heteroatoms. The van der Waals surface area contributed by atoms with Crippen LogP contribution in [0.4, 0.5) is 0 Å². The number of fused-ring (bicyclic) bond motifs is 1. The summed E-state index contributed by atoms with van der Waals surface area (Å²) in [7, 11) is 23.9. The molecule has 1 N–H and O–H groups in total. The van der Waals surface area contributed by atoms with Crippen LogP contribution in [-0.4, -0.2) is 88.8 Å². The molecule has 8 radical (unpaired) electrons. The fourth-order valence-electron chi connectivity index (χ4n) is 4.99. The first-order valence-electron chi connectivity index (χ1n) is 12.1. The number of hydrogen-bond donors (Lipinski definition) is 1. The van der Waals surface area contributed by atoms with E-state index in [0.29, 0.717) is 37.4 Å². The van der Waals surface area contributed by atoms with Crippen molar-refractivity contribution in [1.82, 2.24) is 15.1 Å². The predicted molar refractivity (Wildman–Crippen MR) is 138 cm³/mol. The molecule has 180 valence electrons. The predicted octanol–water partition coefficient (Wildman–Crippen LogP) is -0.161. The lowest BCUT2D eigenvalue weighted by atomic mass is 9.53. The number of morpholine rings is 1. The Morgan fingerprint density at radius 1 is 1.05 bits per heavy atom. The summed E-state index contributed by atoms with van der Waals surface area (Å²) in [6.07, 6.45) is 0.519. The molecule has 0 bridgehead atoms. The molecular weight excluding hydrogens is 466 g/mol. The fourth-order valence-corrected chi connectivity index (χ4v) is 4.99. The number of hydrogen-bond acceptors (Lipinski definition) is 6. The SMILES string of the molecule is [B]C1CN(Cc2ccc(COc3cccc4c3CN(C3CCC(=O)NC3=O)C4=O)cc2)C([B])C([B])([B])O1. The average molecular weight is 489 g/mol. The van der Waals surface area contributed by atoms with Gasteiger partial charge in [0, 0.05) is 36.6 Å². The van der Waals surface area contributed by atoms with Gasteiger partial charge in [0.2, 0.25) is 11.8 Å². The van der Waals surface area contributed by atoms with Gasteiger partial charge in [-0.1, -0.05) is 30.3 Å². The van der Waals surface area contributed by atoms with Gasteiger partial charge < -0.3 is 19.3 Å². The number of benzene rings is 2. The summed E-state index contributed by atoms with van der Waals surface area (Å²) in [5, 5.41) is 0.785. The van der Waals surface area contributed by atoms with E-state index in [1.54, 1.807) is 12.1 Å². The zero-order valence-electron chi connectivity index (χ0n) is 20.3. The maximum absolute atomic E-state index is 13.0. The van der Waals surface area contributed by atoms with Crippen LogP contribution in [0.2, 0.25) is 0 Å². The van der Waals surface area contributed by atoms with Crippen molar-refractivity contribution in [3.63, 3.8) is 0 Å². The Labute approximate surface area is 221 Å². The first-order chi connectivity index (χ1) is 17.6. The summed E-state index contributed by atoms with van der Waals surface area (Å²) in [4.78, 5) is 40.2. The van der Waals surface area contributed by atoms with Gasteiger partial charge in [-0.25, -0.2) is 0 Å². The lowest BCUT2D eigenvalue weighted by Crippen LogP contribution is -2.63. The highest BCUT2D eigenvalue weighted by atomic mass is 16.5. The minimum Gasteiger partial charge on any atom is -0.489 e. The number of nitrogens with one attached hydrogen (secondary N) is 1. The zero-order valence-corrected chi connectivity index (χ0v) is 20.3. The van der Waals surface area contributed by atoms with Crippen LogP contribution >= 0.6 is 0 Å². The third kappa shape index (κ3) is 5.22. The molecule has 0 aromatic heterocycles. The second-order valence-electron chi connectivity index (χ2n) is 9.67. The molecule has 3 unspecified atom stereocenters. The standard InChI is InChI=1S/C25H23B4N3O5/c26-20-12-31(24(27)25(28,29)37-20)10-14-4-6-15(7-5-14)13-36-19-3-1-2-16-17(19)11-32(23(16)35)18-8-9-21(33)30-22(18)34/h1-7,18,20,24H,8-13H2,(H,30,33,34). The Bertz CT molecular complexity index is 1230. The quantitative estimate of drug-likeness (QED) is 0.449. The Kier molecular flexibility index (Phi) is 6.98. The van der Waals surface area contributed by atoms with E-state index in [4.69, 9.17) is 40.9 Å². The van der Waals surface area contributed by atoms with Crippen molar-refractivity contribution in [3.8, 4) is 5.75 Å². The number of piperidine rings is 1. The summed E-state index contributed by atoms with van der Waals surface area (Å²) in [5.41, 5.74) is 3.17. The number of amides is 3. The highest BCUT2D eigenvalue weighted by Crippen LogP contribution is 2.34. The number of imide groups is 1. The first kappa shape index (κ1) is 25.7. The number of carbonyl (C=O) groups excluding carboxylic acids is 3. The Hall–Kier alpha value is -2.97. The van der Waals surface area contributed by atoms with Crippen molar-refractivity contribution < 1.29 is 23.9 Å². The molecule has 2 aromatic carbocycles. The molecule has 37 heavy (non-hydrogen) atoms. The molecule has 3 heterocycles. The van der Waals surface area contributed by atoms with Gasteiger partial charge in [-0.2, -0.15) is 0 Å². The molecule has 2 fully saturated rings. The van der Waals surface area contributed by atoms with E-state index in [1.165, 1.54) is 4.90 Å². The highest BCUT2D eigenvalue weighted by Gasteiger charge is 2.40.